The lowest BCUT2D eigenvalue weighted by atomic mass is 10.2. The first kappa shape index (κ1) is 16.5. The molecule has 0 saturated carbocycles. The van der Waals surface area contributed by atoms with E-state index in [1.54, 1.807) is 23.5 Å². The Morgan fingerprint density at radius 1 is 1.20 bits per heavy atom. The minimum absolute atomic E-state index is 0.0464. The molecular formula is C18H13FN2OS3. The zero-order chi connectivity index (χ0) is 17.4. The van der Waals surface area contributed by atoms with Gasteiger partial charge < -0.3 is 4.98 Å². The van der Waals surface area contributed by atoms with Crippen LogP contribution < -0.4 is 5.56 Å². The Balaban J connectivity index is 1.69. The van der Waals surface area contributed by atoms with Crippen LogP contribution in [-0.2, 0) is 0 Å². The number of nitrogens with zero attached hydrogens (tertiary/aromatic N) is 1. The lowest BCUT2D eigenvalue weighted by molar-refractivity contribution is 0.626. The summed E-state index contributed by atoms with van der Waals surface area (Å²) < 4.78 is 13.0. The maximum Gasteiger partial charge on any atom is 0.260 e. The summed E-state index contributed by atoms with van der Waals surface area (Å²) in [7, 11) is 0. The quantitative estimate of drug-likeness (QED) is 0.456. The van der Waals surface area contributed by atoms with Crippen molar-refractivity contribution in [1.29, 1.82) is 0 Å². The monoisotopic (exact) mass is 388 g/mol. The van der Waals surface area contributed by atoms with Crippen LogP contribution in [0.3, 0.4) is 0 Å². The molecule has 25 heavy (non-hydrogen) atoms. The number of aromatic nitrogens is 2. The second-order valence-corrected chi connectivity index (χ2v) is 8.69. The van der Waals surface area contributed by atoms with Crippen molar-refractivity contribution < 1.29 is 4.39 Å². The zero-order valence-corrected chi connectivity index (χ0v) is 15.6. The summed E-state index contributed by atoms with van der Waals surface area (Å²) in [6.45, 7) is 1.98. The van der Waals surface area contributed by atoms with Gasteiger partial charge >= 0.3 is 0 Å². The molecule has 0 bridgehead atoms. The van der Waals surface area contributed by atoms with E-state index in [0.29, 0.717) is 11.2 Å². The third kappa shape index (κ3) is 3.27. The fraction of sp³-hybridized carbons (Fsp3) is 0.111. The van der Waals surface area contributed by atoms with Crippen LogP contribution in [-0.4, -0.2) is 9.97 Å². The van der Waals surface area contributed by atoms with Crippen LogP contribution in [0.2, 0.25) is 0 Å². The first-order valence-corrected chi connectivity index (χ1v) is 10.2. The maximum atomic E-state index is 13.0. The number of H-pyrrole nitrogens is 1. The van der Waals surface area contributed by atoms with Gasteiger partial charge in [-0.3, -0.25) is 4.79 Å². The van der Waals surface area contributed by atoms with Crippen molar-refractivity contribution in [3.8, 4) is 10.4 Å². The number of fused-ring (bicyclic) bond motifs is 1. The fourth-order valence-corrected chi connectivity index (χ4v) is 5.24. The molecule has 0 aliphatic rings. The molecule has 7 heteroatoms. The summed E-state index contributed by atoms with van der Waals surface area (Å²) in [6, 6.07) is 10.3. The largest absolute Gasteiger partial charge is 0.309 e. The predicted molar refractivity (Wildman–Crippen MR) is 104 cm³/mol. The molecule has 4 aromatic rings. The van der Waals surface area contributed by atoms with Gasteiger partial charge in [-0.25, -0.2) is 9.37 Å². The molecule has 0 saturated heterocycles. The van der Waals surface area contributed by atoms with Crippen LogP contribution in [0.1, 0.15) is 18.0 Å². The summed E-state index contributed by atoms with van der Waals surface area (Å²) in [5, 5.41) is 4.58. The SMILES string of the molecule is C[C@@H](Sc1ccc(F)cc1)c1nc2scc(-c3cccs3)c2c(=O)[nH]1. The topological polar surface area (TPSA) is 45.8 Å². The summed E-state index contributed by atoms with van der Waals surface area (Å²) in [5.74, 6) is 0.371. The first-order valence-electron chi connectivity index (χ1n) is 7.59. The predicted octanol–water partition coefficient (Wildman–Crippen LogP) is 5.71. The van der Waals surface area contributed by atoms with Gasteiger partial charge in [0, 0.05) is 20.7 Å². The first-order chi connectivity index (χ1) is 12.1. The third-order valence-electron chi connectivity index (χ3n) is 3.76. The number of rotatable bonds is 4. The molecule has 0 aliphatic carbocycles. The van der Waals surface area contributed by atoms with Crippen molar-refractivity contribution in [3.05, 3.63) is 69.2 Å². The number of aromatic amines is 1. The number of halogens is 1. The molecule has 0 amide bonds. The molecule has 0 spiro atoms. The Bertz CT molecular complexity index is 1070. The van der Waals surface area contributed by atoms with Gasteiger partial charge in [-0.05, 0) is 42.6 Å². The second kappa shape index (κ2) is 6.74. The van der Waals surface area contributed by atoms with Crippen LogP contribution in [0.25, 0.3) is 20.7 Å². The van der Waals surface area contributed by atoms with Crippen molar-refractivity contribution in [2.75, 3.05) is 0 Å². The van der Waals surface area contributed by atoms with Gasteiger partial charge in [-0.15, -0.1) is 34.4 Å². The Kier molecular flexibility index (Phi) is 4.45. The Morgan fingerprint density at radius 2 is 2.00 bits per heavy atom. The number of thioether (sulfide) groups is 1. The van der Waals surface area contributed by atoms with Crippen LogP contribution in [0.5, 0.6) is 0 Å². The molecule has 1 aromatic carbocycles. The standard InChI is InChI=1S/C18H13FN2OS3/c1-10(25-12-6-4-11(19)5-7-12)16-20-17(22)15-13(9-24-18(15)21-16)14-3-2-8-23-14/h2-10H,1H3,(H,20,21,22)/t10-/m1/s1. The molecule has 0 unspecified atom stereocenters. The van der Waals surface area contributed by atoms with E-state index in [4.69, 9.17) is 0 Å². The average Bonchev–Trinajstić information content (AvgIpc) is 3.25. The van der Waals surface area contributed by atoms with Gasteiger partial charge in [0.25, 0.3) is 5.56 Å². The number of thiophene rings is 2. The summed E-state index contributed by atoms with van der Waals surface area (Å²) in [4.78, 5) is 23.0. The van der Waals surface area contributed by atoms with E-state index in [1.807, 2.05) is 29.8 Å². The molecular weight excluding hydrogens is 375 g/mol. The van der Waals surface area contributed by atoms with Crippen molar-refractivity contribution in [1.82, 2.24) is 9.97 Å². The van der Waals surface area contributed by atoms with Crippen molar-refractivity contribution in [3.63, 3.8) is 0 Å². The molecule has 3 nitrogen and oxygen atoms in total. The van der Waals surface area contributed by atoms with Crippen molar-refractivity contribution in [2.45, 2.75) is 17.1 Å². The van der Waals surface area contributed by atoms with Gasteiger partial charge in [0.1, 0.15) is 16.5 Å². The lowest BCUT2D eigenvalue weighted by Crippen LogP contribution is -2.12. The number of hydrogen-bond acceptors (Lipinski definition) is 5. The molecule has 3 aromatic heterocycles. The number of nitrogens with one attached hydrogen (secondary N) is 1. The third-order valence-corrected chi connectivity index (χ3v) is 6.66. The van der Waals surface area contributed by atoms with Crippen molar-refractivity contribution in [2.24, 2.45) is 0 Å². The fourth-order valence-electron chi connectivity index (χ4n) is 2.54. The lowest BCUT2D eigenvalue weighted by Gasteiger charge is -2.10. The van der Waals surface area contributed by atoms with Crippen LogP contribution in [0, 0.1) is 5.82 Å². The molecule has 1 atom stereocenters. The smallest absolute Gasteiger partial charge is 0.260 e. The van der Waals surface area contributed by atoms with Gasteiger partial charge in [0.2, 0.25) is 0 Å². The Morgan fingerprint density at radius 3 is 2.72 bits per heavy atom. The van der Waals surface area contributed by atoms with E-state index in [1.165, 1.54) is 35.2 Å². The highest BCUT2D eigenvalue weighted by atomic mass is 32.2. The Labute approximate surface area is 155 Å². The maximum absolute atomic E-state index is 13.0. The minimum Gasteiger partial charge on any atom is -0.309 e. The molecule has 1 N–H and O–H groups in total. The average molecular weight is 389 g/mol. The summed E-state index contributed by atoms with van der Waals surface area (Å²) >= 11 is 4.63. The molecule has 0 fully saturated rings. The van der Waals surface area contributed by atoms with Crippen LogP contribution in [0.15, 0.2) is 56.8 Å². The van der Waals surface area contributed by atoms with E-state index >= 15 is 0 Å². The highest BCUT2D eigenvalue weighted by Gasteiger charge is 2.17. The van der Waals surface area contributed by atoms with E-state index in [2.05, 4.69) is 9.97 Å². The number of benzene rings is 1. The van der Waals surface area contributed by atoms with Gasteiger partial charge in [0.15, 0.2) is 0 Å². The molecule has 4 rings (SSSR count). The van der Waals surface area contributed by atoms with E-state index in [9.17, 15) is 9.18 Å². The minimum atomic E-state index is -0.260. The highest BCUT2D eigenvalue weighted by molar-refractivity contribution is 7.99. The molecule has 0 radical (unpaired) electrons. The van der Waals surface area contributed by atoms with Gasteiger partial charge in [0.05, 0.1) is 10.6 Å². The van der Waals surface area contributed by atoms with Crippen LogP contribution in [0.4, 0.5) is 4.39 Å². The normalized spacial score (nSPS) is 12.6. The zero-order valence-electron chi connectivity index (χ0n) is 13.2. The van der Waals surface area contributed by atoms with Crippen molar-refractivity contribution >= 4 is 44.7 Å². The van der Waals surface area contributed by atoms with E-state index < -0.39 is 0 Å². The van der Waals surface area contributed by atoms with E-state index in [0.717, 1.165) is 20.2 Å². The summed E-state index contributed by atoms with van der Waals surface area (Å²) in [6.07, 6.45) is 0. The van der Waals surface area contributed by atoms with Gasteiger partial charge in [-0.2, -0.15) is 0 Å². The van der Waals surface area contributed by atoms with E-state index in [-0.39, 0.29) is 16.6 Å². The number of hydrogen-bond donors (Lipinski definition) is 1. The van der Waals surface area contributed by atoms with Gasteiger partial charge in [-0.1, -0.05) is 6.07 Å². The second-order valence-electron chi connectivity index (χ2n) is 5.47. The molecule has 126 valence electrons. The van der Waals surface area contributed by atoms with Crippen LogP contribution >= 0.6 is 34.4 Å². The Hall–Kier alpha value is -1.96. The summed E-state index contributed by atoms with van der Waals surface area (Å²) in [5.41, 5.74) is 0.824. The molecule has 3 heterocycles. The highest BCUT2D eigenvalue weighted by Crippen LogP contribution is 2.36. The molecule has 0 aliphatic heterocycles.